The zero-order valence-corrected chi connectivity index (χ0v) is 16.8. The van der Waals surface area contributed by atoms with Crippen molar-refractivity contribution in [3.63, 3.8) is 0 Å². The van der Waals surface area contributed by atoms with Crippen molar-refractivity contribution in [2.75, 3.05) is 20.1 Å². The van der Waals surface area contributed by atoms with Gasteiger partial charge >= 0.3 is 0 Å². The summed E-state index contributed by atoms with van der Waals surface area (Å²) in [5.74, 6) is 0.110. The van der Waals surface area contributed by atoms with Crippen LogP contribution in [0.4, 0.5) is 0 Å². The number of aryl methyl sites for hydroxylation is 2. The Bertz CT molecular complexity index is 1020. The number of hydrogen-bond donors (Lipinski definition) is 1. The standard InChI is InChI=1S/C24H27N3O/c1-16-8-9-19(17(2)14-16)23-15-21(20-6-4-5-7-22(20)26-23)24(28)27-12-10-18(25-3)11-13-27/h4-9,14-15,18,25H,10-13H2,1-3H3. The Kier molecular flexibility index (Phi) is 5.14. The molecule has 2 aromatic carbocycles. The van der Waals surface area contributed by atoms with Gasteiger partial charge < -0.3 is 10.2 Å². The van der Waals surface area contributed by atoms with Gasteiger partial charge in [-0.15, -0.1) is 0 Å². The Morgan fingerprint density at radius 1 is 1.07 bits per heavy atom. The predicted octanol–water partition coefficient (Wildman–Crippen LogP) is 4.34. The SMILES string of the molecule is CNC1CCN(C(=O)c2cc(-c3ccc(C)cc3C)nc3ccccc23)CC1. The summed E-state index contributed by atoms with van der Waals surface area (Å²) in [4.78, 5) is 20.3. The van der Waals surface area contributed by atoms with E-state index in [2.05, 4.69) is 37.4 Å². The number of carbonyl (C=O) groups is 1. The maximum atomic E-state index is 13.4. The van der Waals surface area contributed by atoms with Crippen LogP contribution in [-0.2, 0) is 0 Å². The van der Waals surface area contributed by atoms with Crippen molar-refractivity contribution in [1.29, 1.82) is 0 Å². The molecule has 0 saturated carbocycles. The maximum absolute atomic E-state index is 13.4. The highest BCUT2D eigenvalue weighted by atomic mass is 16.2. The Hall–Kier alpha value is -2.72. The summed E-state index contributed by atoms with van der Waals surface area (Å²) in [6.45, 7) is 5.78. The van der Waals surface area contributed by atoms with E-state index < -0.39 is 0 Å². The first kappa shape index (κ1) is 18.6. The highest BCUT2D eigenvalue weighted by molar-refractivity contribution is 6.07. The number of aromatic nitrogens is 1. The number of amides is 1. The van der Waals surface area contributed by atoms with Crippen LogP contribution >= 0.6 is 0 Å². The van der Waals surface area contributed by atoms with E-state index in [-0.39, 0.29) is 5.91 Å². The first-order chi connectivity index (χ1) is 13.6. The molecule has 1 amide bonds. The summed E-state index contributed by atoms with van der Waals surface area (Å²) in [6.07, 6.45) is 1.99. The van der Waals surface area contributed by atoms with E-state index in [1.54, 1.807) is 0 Å². The minimum Gasteiger partial charge on any atom is -0.339 e. The van der Waals surface area contributed by atoms with Crippen LogP contribution in [0, 0.1) is 13.8 Å². The van der Waals surface area contributed by atoms with Gasteiger partial charge in [0, 0.05) is 30.1 Å². The van der Waals surface area contributed by atoms with Crippen LogP contribution in [0.25, 0.3) is 22.2 Å². The molecule has 2 heterocycles. The molecule has 1 fully saturated rings. The molecule has 4 nitrogen and oxygen atoms in total. The van der Waals surface area contributed by atoms with Crippen LogP contribution in [0.2, 0.25) is 0 Å². The first-order valence-electron chi connectivity index (χ1n) is 10.0. The molecule has 4 heteroatoms. The lowest BCUT2D eigenvalue weighted by Gasteiger charge is -2.32. The average molecular weight is 374 g/mol. The van der Waals surface area contributed by atoms with E-state index >= 15 is 0 Å². The summed E-state index contributed by atoms with van der Waals surface area (Å²) in [5.41, 5.74) is 5.97. The summed E-state index contributed by atoms with van der Waals surface area (Å²) in [6, 6.07) is 16.8. The molecule has 1 aliphatic rings. The summed E-state index contributed by atoms with van der Waals surface area (Å²) < 4.78 is 0. The molecule has 0 unspecified atom stereocenters. The Morgan fingerprint density at radius 3 is 2.54 bits per heavy atom. The van der Waals surface area contributed by atoms with E-state index in [1.807, 2.05) is 42.3 Å². The number of pyridine rings is 1. The van der Waals surface area contributed by atoms with Crippen molar-refractivity contribution in [2.24, 2.45) is 0 Å². The molecular formula is C24H27N3O. The second kappa shape index (κ2) is 7.72. The molecule has 1 N–H and O–H groups in total. The average Bonchev–Trinajstić information content (AvgIpc) is 2.72. The number of piperidine rings is 1. The predicted molar refractivity (Wildman–Crippen MR) is 115 cm³/mol. The number of rotatable bonds is 3. The van der Waals surface area contributed by atoms with Gasteiger partial charge in [-0.25, -0.2) is 4.98 Å². The Balaban J connectivity index is 1.78. The molecular weight excluding hydrogens is 346 g/mol. The number of benzene rings is 2. The molecule has 3 aromatic rings. The number of para-hydroxylation sites is 1. The quantitative estimate of drug-likeness (QED) is 0.743. The van der Waals surface area contributed by atoms with Crippen LogP contribution in [-0.4, -0.2) is 42.0 Å². The second-order valence-electron chi connectivity index (χ2n) is 7.75. The Morgan fingerprint density at radius 2 is 1.82 bits per heavy atom. The molecule has 1 aliphatic heterocycles. The largest absolute Gasteiger partial charge is 0.339 e. The second-order valence-corrected chi connectivity index (χ2v) is 7.75. The molecule has 0 spiro atoms. The van der Waals surface area contributed by atoms with Crippen molar-refractivity contribution in [2.45, 2.75) is 32.7 Å². The number of fused-ring (bicyclic) bond motifs is 1. The highest BCUT2D eigenvalue weighted by Gasteiger charge is 2.24. The van der Waals surface area contributed by atoms with Crippen molar-refractivity contribution in [3.8, 4) is 11.3 Å². The van der Waals surface area contributed by atoms with Gasteiger partial charge in [0.15, 0.2) is 0 Å². The van der Waals surface area contributed by atoms with Gasteiger partial charge in [0.05, 0.1) is 16.8 Å². The highest BCUT2D eigenvalue weighted by Crippen LogP contribution is 2.29. The summed E-state index contributed by atoms with van der Waals surface area (Å²) in [5, 5.41) is 4.25. The fourth-order valence-electron chi connectivity index (χ4n) is 4.13. The summed E-state index contributed by atoms with van der Waals surface area (Å²) >= 11 is 0. The molecule has 4 rings (SSSR count). The number of hydrogen-bond acceptors (Lipinski definition) is 3. The maximum Gasteiger partial charge on any atom is 0.254 e. The van der Waals surface area contributed by atoms with Crippen LogP contribution in [0.3, 0.4) is 0 Å². The lowest BCUT2D eigenvalue weighted by atomic mass is 9.98. The zero-order valence-electron chi connectivity index (χ0n) is 16.8. The third kappa shape index (κ3) is 3.52. The zero-order chi connectivity index (χ0) is 19.7. The molecule has 1 saturated heterocycles. The minimum absolute atomic E-state index is 0.110. The van der Waals surface area contributed by atoms with Crippen molar-refractivity contribution >= 4 is 16.8 Å². The molecule has 28 heavy (non-hydrogen) atoms. The van der Waals surface area contributed by atoms with Gasteiger partial charge in [-0.05, 0) is 51.4 Å². The van der Waals surface area contributed by atoms with Crippen LogP contribution in [0.15, 0.2) is 48.5 Å². The normalized spacial score (nSPS) is 15.2. The molecule has 0 aliphatic carbocycles. The smallest absolute Gasteiger partial charge is 0.254 e. The van der Waals surface area contributed by atoms with E-state index in [9.17, 15) is 4.79 Å². The third-order valence-corrected chi connectivity index (χ3v) is 5.79. The van der Waals surface area contributed by atoms with E-state index in [4.69, 9.17) is 4.98 Å². The monoisotopic (exact) mass is 373 g/mol. The first-order valence-corrected chi connectivity index (χ1v) is 10.0. The van der Waals surface area contributed by atoms with Gasteiger partial charge in [0.25, 0.3) is 5.91 Å². The van der Waals surface area contributed by atoms with E-state index in [1.165, 1.54) is 11.1 Å². The fraction of sp³-hybridized carbons (Fsp3) is 0.333. The molecule has 0 atom stereocenters. The van der Waals surface area contributed by atoms with E-state index in [0.717, 1.165) is 53.7 Å². The van der Waals surface area contributed by atoms with Crippen molar-refractivity contribution in [1.82, 2.24) is 15.2 Å². The van der Waals surface area contributed by atoms with Gasteiger partial charge in [-0.2, -0.15) is 0 Å². The lowest BCUT2D eigenvalue weighted by molar-refractivity contribution is 0.0709. The van der Waals surface area contributed by atoms with Crippen LogP contribution in [0.5, 0.6) is 0 Å². The van der Waals surface area contributed by atoms with Gasteiger partial charge in [0.1, 0.15) is 0 Å². The van der Waals surface area contributed by atoms with Crippen molar-refractivity contribution in [3.05, 3.63) is 65.2 Å². The third-order valence-electron chi connectivity index (χ3n) is 5.79. The number of likely N-dealkylation sites (tertiary alicyclic amines) is 1. The molecule has 0 bridgehead atoms. The minimum atomic E-state index is 0.110. The fourth-order valence-corrected chi connectivity index (χ4v) is 4.13. The number of carbonyl (C=O) groups excluding carboxylic acids is 1. The van der Waals surface area contributed by atoms with Gasteiger partial charge in [0.2, 0.25) is 0 Å². The molecule has 0 radical (unpaired) electrons. The Labute approximate surface area is 166 Å². The molecule has 1 aromatic heterocycles. The van der Waals surface area contributed by atoms with Crippen molar-refractivity contribution < 1.29 is 4.79 Å². The van der Waals surface area contributed by atoms with Gasteiger partial charge in [-0.3, -0.25) is 4.79 Å². The number of nitrogens with zero attached hydrogens (tertiary/aromatic N) is 2. The topological polar surface area (TPSA) is 45.2 Å². The van der Waals surface area contributed by atoms with Crippen LogP contribution in [0.1, 0.15) is 34.3 Å². The lowest BCUT2D eigenvalue weighted by Crippen LogP contribution is -2.44. The summed E-state index contributed by atoms with van der Waals surface area (Å²) in [7, 11) is 1.99. The van der Waals surface area contributed by atoms with Crippen LogP contribution < -0.4 is 5.32 Å². The van der Waals surface area contributed by atoms with E-state index in [0.29, 0.717) is 6.04 Å². The number of nitrogens with one attached hydrogen (secondary N) is 1. The van der Waals surface area contributed by atoms with Gasteiger partial charge in [-0.1, -0.05) is 42.0 Å². The molecule has 144 valence electrons.